The number of hydrogen-bond donors (Lipinski definition) is 1. The Morgan fingerprint density at radius 1 is 1.24 bits per heavy atom. The number of ether oxygens (including phenoxy) is 1. The van der Waals surface area contributed by atoms with Crippen molar-refractivity contribution < 1.29 is 14.3 Å². The fourth-order valence-corrected chi connectivity index (χ4v) is 1.65. The van der Waals surface area contributed by atoms with Crippen LogP contribution in [0.25, 0.3) is 6.08 Å². The van der Waals surface area contributed by atoms with Crippen LogP contribution >= 0.6 is 0 Å². The number of benzene rings is 1. The second-order valence-electron chi connectivity index (χ2n) is 5.09. The molecule has 0 unspecified atom stereocenters. The SMILES string of the molecule is CCCOC(=O)CNC(=O)/C=C/c1ccc(C(C)C)cc1. The summed E-state index contributed by atoms with van der Waals surface area (Å²) in [4.78, 5) is 22.8. The van der Waals surface area contributed by atoms with Gasteiger partial charge in [0.2, 0.25) is 5.91 Å². The van der Waals surface area contributed by atoms with E-state index in [4.69, 9.17) is 4.74 Å². The lowest BCUT2D eigenvalue weighted by atomic mass is 10.0. The second-order valence-corrected chi connectivity index (χ2v) is 5.09. The molecular formula is C17H23NO3. The summed E-state index contributed by atoms with van der Waals surface area (Å²) in [5.74, 6) is -0.239. The predicted molar refractivity (Wildman–Crippen MR) is 83.8 cm³/mol. The zero-order valence-corrected chi connectivity index (χ0v) is 12.9. The minimum atomic E-state index is -0.417. The number of rotatable bonds is 7. The van der Waals surface area contributed by atoms with E-state index in [2.05, 4.69) is 19.2 Å². The first-order valence-corrected chi connectivity index (χ1v) is 7.24. The van der Waals surface area contributed by atoms with E-state index in [1.165, 1.54) is 11.6 Å². The summed E-state index contributed by atoms with van der Waals surface area (Å²) in [7, 11) is 0. The minimum Gasteiger partial charge on any atom is -0.464 e. The minimum absolute atomic E-state index is 0.102. The molecule has 0 aliphatic carbocycles. The number of nitrogens with one attached hydrogen (secondary N) is 1. The molecule has 1 rings (SSSR count). The second kappa shape index (κ2) is 8.95. The van der Waals surface area contributed by atoms with Gasteiger partial charge in [0.05, 0.1) is 6.61 Å². The molecule has 0 saturated carbocycles. The first-order chi connectivity index (χ1) is 10.0. The van der Waals surface area contributed by atoms with Crippen molar-refractivity contribution in [3.05, 3.63) is 41.5 Å². The largest absolute Gasteiger partial charge is 0.464 e. The Bertz CT molecular complexity index is 489. The third-order valence-electron chi connectivity index (χ3n) is 2.90. The van der Waals surface area contributed by atoms with Crippen molar-refractivity contribution >= 4 is 18.0 Å². The molecule has 0 aliphatic rings. The molecule has 114 valence electrons. The summed E-state index contributed by atoms with van der Waals surface area (Å²) in [5.41, 5.74) is 2.21. The molecule has 21 heavy (non-hydrogen) atoms. The van der Waals surface area contributed by atoms with Crippen molar-refractivity contribution in [2.75, 3.05) is 13.2 Å². The van der Waals surface area contributed by atoms with Gasteiger partial charge < -0.3 is 10.1 Å². The molecule has 0 spiro atoms. The van der Waals surface area contributed by atoms with E-state index in [0.717, 1.165) is 12.0 Å². The van der Waals surface area contributed by atoms with Crippen molar-refractivity contribution in [1.29, 1.82) is 0 Å². The topological polar surface area (TPSA) is 55.4 Å². The number of hydrogen-bond acceptors (Lipinski definition) is 3. The van der Waals surface area contributed by atoms with Crippen molar-refractivity contribution in [3.8, 4) is 0 Å². The molecule has 0 saturated heterocycles. The lowest BCUT2D eigenvalue weighted by molar-refractivity contribution is -0.143. The van der Waals surface area contributed by atoms with Crippen LogP contribution in [0, 0.1) is 0 Å². The Hall–Kier alpha value is -2.10. The number of carbonyl (C=O) groups is 2. The summed E-state index contributed by atoms with van der Waals surface area (Å²) in [6, 6.07) is 8.03. The molecule has 1 amide bonds. The third-order valence-corrected chi connectivity index (χ3v) is 2.90. The highest BCUT2D eigenvalue weighted by molar-refractivity contribution is 5.93. The molecule has 0 fully saturated rings. The molecule has 1 aromatic rings. The van der Waals surface area contributed by atoms with Gasteiger partial charge in [-0.2, -0.15) is 0 Å². The average Bonchev–Trinajstić information content (AvgIpc) is 2.49. The van der Waals surface area contributed by atoms with Gasteiger partial charge in [-0.25, -0.2) is 0 Å². The molecule has 1 N–H and O–H groups in total. The highest BCUT2D eigenvalue weighted by Gasteiger charge is 2.03. The van der Waals surface area contributed by atoms with E-state index in [9.17, 15) is 9.59 Å². The summed E-state index contributed by atoms with van der Waals surface area (Å²) in [6.45, 7) is 6.47. The zero-order chi connectivity index (χ0) is 15.7. The molecule has 1 aromatic carbocycles. The quantitative estimate of drug-likeness (QED) is 0.620. The molecule has 4 heteroatoms. The van der Waals surface area contributed by atoms with Gasteiger partial charge in [0.1, 0.15) is 6.54 Å². The number of amides is 1. The van der Waals surface area contributed by atoms with Crippen molar-refractivity contribution in [3.63, 3.8) is 0 Å². The van der Waals surface area contributed by atoms with Crippen LogP contribution in [0.5, 0.6) is 0 Å². The monoisotopic (exact) mass is 289 g/mol. The van der Waals surface area contributed by atoms with Crippen LogP contribution in [0.2, 0.25) is 0 Å². The van der Waals surface area contributed by atoms with Crippen LogP contribution in [0.1, 0.15) is 44.2 Å². The molecule has 0 radical (unpaired) electrons. The molecule has 0 atom stereocenters. The van der Waals surface area contributed by atoms with Crippen LogP contribution in [-0.2, 0) is 14.3 Å². The molecule has 0 aliphatic heterocycles. The summed E-state index contributed by atoms with van der Waals surface area (Å²) in [5, 5.41) is 2.49. The van der Waals surface area contributed by atoms with Gasteiger partial charge in [-0.1, -0.05) is 45.0 Å². The van der Waals surface area contributed by atoms with Crippen LogP contribution in [0.3, 0.4) is 0 Å². The Balaban J connectivity index is 2.41. The molecular weight excluding hydrogens is 266 g/mol. The first-order valence-electron chi connectivity index (χ1n) is 7.24. The van der Waals surface area contributed by atoms with Gasteiger partial charge in [-0.3, -0.25) is 9.59 Å². The number of carbonyl (C=O) groups excluding carboxylic acids is 2. The average molecular weight is 289 g/mol. The van der Waals surface area contributed by atoms with Gasteiger partial charge >= 0.3 is 5.97 Å². The maximum Gasteiger partial charge on any atom is 0.325 e. The Morgan fingerprint density at radius 2 is 1.90 bits per heavy atom. The van der Waals surface area contributed by atoms with E-state index in [-0.39, 0.29) is 12.5 Å². The van der Waals surface area contributed by atoms with Crippen molar-refractivity contribution in [2.45, 2.75) is 33.1 Å². The van der Waals surface area contributed by atoms with E-state index in [1.54, 1.807) is 6.08 Å². The molecule has 0 bridgehead atoms. The predicted octanol–water partition coefficient (Wildman–Crippen LogP) is 2.89. The summed E-state index contributed by atoms with van der Waals surface area (Å²) < 4.78 is 4.86. The smallest absolute Gasteiger partial charge is 0.325 e. The van der Waals surface area contributed by atoms with Gasteiger partial charge in [-0.05, 0) is 29.5 Å². The van der Waals surface area contributed by atoms with Crippen LogP contribution < -0.4 is 5.32 Å². The number of esters is 1. The Kier molecular flexibility index (Phi) is 7.23. The van der Waals surface area contributed by atoms with Gasteiger partial charge in [0, 0.05) is 6.08 Å². The Morgan fingerprint density at radius 3 is 2.48 bits per heavy atom. The van der Waals surface area contributed by atoms with Gasteiger partial charge in [-0.15, -0.1) is 0 Å². The fraction of sp³-hybridized carbons (Fsp3) is 0.412. The standard InChI is InChI=1S/C17H23NO3/c1-4-11-21-17(20)12-18-16(19)10-7-14-5-8-15(9-6-14)13(2)3/h5-10,13H,4,11-12H2,1-3H3,(H,18,19)/b10-7+. The Labute approximate surface area is 126 Å². The third kappa shape index (κ3) is 6.75. The normalized spacial score (nSPS) is 10.9. The van der Waals surface area contributed by atoms with E-state index in [0.29, 0.717) is 12.5 Å². The lowest BCUT2D eigenvalue weighted by Gasteiger charge is -2.05. The van der Waals surface area contributed by atoms with Gasteiger partial charge in [0.15, 0.2) is 0 Å². The van der Waals surface area contributed by atoms with Crippen LogP contribution in [0.15, 0.2) is 30.3 Å². The maximum absolute atomic E-state index is 11.6. The van der Waals surface area contributed by atoms with E-state index < -0.39 is 5.97 Å². The lowest BCUT2D eigenvalue weighted by Crippen LogP contribution is -2.29. The van der Waals surface area contributed by atoms with Crippen LogP contribution in [0.4, 0.5) is 0 Å². The van der Waals surface area contributed by atoms with E-state index in [1.807, 2.05) is 31.2 Å². The fourth-order valence-electron chi connectivity index (χ4n) is 1.65. The maximum atomic E-state index is 11.6. The summed E-state index contributed by atoms with van der Waals surface area (Å²) >= 11 is 0. The zero-order valence-electron chi connectivity index (χ0n) is 12.9. The summed E-state index contributed by atoms with van der Waals surface area (Å²) in [6.07, 6.45) is 3.90. The highest BCUT2D eigenvalue weighted by atomic mass is 16.5. The van der Waals surface area contributed by atoms with E-state index >= 15 is 0 Å². The molecule has 0 heterocycles. The molecule has 4 nitrogen and oxygen atoms in total. The van der Waals surface area contributed by atoms with Crippen LogP contribution in [-0.4, -0.2) is 25.0 Å². The van der Waals surface area contributed by atoms with Crippen molar-refractivity contribution in [2.24, 2.45) is 0 Å². The molecule has 0 aromatic heterocycles. The van der Waals surface area contributed by atoms with Crippen molar-refractivity contribution in [1.82, 2.24) is 5.32 Å². The van der Waals surface area contributed by atoms with Gasteiger partial charge in [0.25, 0.3) is 0 Å². The highest BCUT2D eigenvalue weighted by Crippen LogP contribution is 2.15. The first kappa shape index (κ1) is 17.0.